The van der Waals surface area contributed by atoms with E-state index in [-0.39, 0.29) is 23.8 Å². The van der Waals surface area contributed by atoms with Gasteiger partial charge >= 0.3 is 0 Å². The van der Waals surface area contributed by atoms with Gasteiger partial charge in [-0.05, 0) is 24.7 Å². The first-order chi connectivity index (χ1) is 9.55. The van der Waals surface area contributed by atoms with E-state index >= 15 is 0 Å². The van der Waals surface area contributed by atoms with Gasteiger partial charge in [0.25, 0.3) is 0 Å². The summed E-state index contributed by atoms with van der Waals surface area (Å²) >= 11 is 0. The molecule has 3 rings (SSSR count). The van der Waals surface area contributed by atoms with Gasteiger partial charge in [-0.2, -0.15) is 5.10 Å². The number of carbonyl (C=O) groups is 1. The molecule has 0 radical (unpaired) electrons. The summed E-state index contributed by atoms with van der Waals surface area (Å²) in [6, 6.07) is 0. The molecule has 0 spiro atoms. The summed E-state index contributed by atoms with van der Waals surface area (Å²) in [5, 5.41) is 9.79. The summed E-state index contributed by atoms with van der Waals surface area (Å²) in [5.74, 6) is 1.41. The molecule has 0 aromatic carbocycles. The van der Waals surface area contributed by atoms with E-state index in [2.05, 4.69) is 34.3 Å². The average Bonchev–Trinajstić information content (AvgIpc) is 3.02. The Morgan fingerprint density at radius 1 is 1.55 bits per heavy atom. The number of rotatable bonds is 4. The summed E-state index contributed by atoms with van der Waals surface area (Å²) in [5.41, 5.74) is 0.334. The Morgan fingerprint density at radius 3 is 3.00 bits per heavy atom. The summed E-state index contributed by atoms with van der Waals surface area (Å²) in [6.45, 7) is 5.78. The summed E-state index contributed by atoms with van der Waals surface area (Å²) in [4.78, 5) is 16.2. The van der Waals surface area contributed by atoms with Gasteiger partial charge in [-0.15, -0.1) is 0 Å². The van der Waals surface area contributed by atoms with Crippen LogP contribution in [0.2, 0.25) is 0 Å². The first-order valence-electron chi connectivity index (χ1n) is 7.30. The van der Waals surface area contributed by atoms with E-state index in [0.29, 0.717) is 18.6 Å². The summed E-state index contributed by atoms with van der Waals surface area (Å²) in [6.07, 6.45) is 4.35. The lowest BCUT2D eigenvalue weighted by Gasteiger charge is -2.41. The number of aromatic amines is 1. The quantitative estimate of drug-likeness (QED) is 0.873. The fourth-order valence-corrected chi connectivity index (χ4v) is 3.33. The van der Waals surface area contributed by atoms with Crippen LogP contribution in [-0.2, 0) is 9.53 Å². The van der Waals surface area contributed by atoms with Crippen LogP contribution in [0, 0.1) is 17.3 Å². The van der Waals surface area contributed by atoms with E-state index in [9.17, 15) is 4.79 Å². The Morgan fingerprint density at radius 2 is 2.35 bits per heavy atom. The zero-order valence-electron chi connectivity index (χ0n) is 12.1. The van der Waals surface area contributed by atoms with Gasteiger partial charge < -0.3 is 10.1 Å². The van der Waals surface area contributed by atoms with E-state index < -0.39 is 0 Å². The molecule has 6 heteroatoms. The van der Waals surface area contributed by atoms with Crippen molar-refractivity contribution >= 4 is 5.91 Å². The van der Waals surface area contributed by atoms with Crippen molar-refractivity contribution in [3.8, 4) is 0 Å². The van der Waals surface area contributed by atoms with Gasteiger partial charge in [-0.25, -0.2) is 4.98 Å². The first-order valence-corrected chi connectivity index (χ1v) is 7.30. The van der Waals surface area contributed by atoms with Crippen LogP contribution in [0.4, 0.5) is 0 Å². The molecule has 0 bridgehead atoms. The number of nitrogens with one attached hydrogen (secondary N) is 2. The van der Waals surface area contributed by atoms with Crippen LogP contribution < -0.4 is 5.32 Å². The molecule has 6 nitrogen and oxygen atoms in total. The molecule has 1 aromatic rings. The zero-order valence-corrected chi connectivity index (χ0v) is 12.1. The minimum Gasteiger partial charge on any atom is -0.370 e. The maximum absolute atomic E-state index is 12.1. The van der Waals surface area contributed by atoms with Crippen LogP contribution in [-0.4, -0.2) is 34.2 Å². The van der Waals surface area contributed by atoms with Crippen LogP contribution in [0.15, 0.2) is 6.33 Å². The van der Waals surface area contributed by atoms with Crippen molar-refractivity contribution in [3.63, 3.8) is 0 Å². The molecule has 2 fully saturated rings. The third-order valence-corrected chi connectivity index (χ3v) is 4.42. The molecular formula is C14H22N4O2. The number of carbonyl (C=O) groups excluding carboxylic acids is 1. The molecule has 2 N–H and O–H groups in total. The number of aromatic nitrogens is 3. The highest BCUT2D eigenvalue weighted by Gasteiger charge is 2.40. The fourth-order valence-electron chi connectivity index (χ4n) is 3.33. The summed E-state index contributed by atoms with van der Waals surface area (Å²) in [7, 11) is 0. The maximum atomic E-state index is 12.1. The molecule has 1 saturated carbocycles. The van der Waals surface area contributed by atoms with E-state index in [0.717, 1.165) is 25.1 Å². The molecule has 1 amide bonds. The number of hydrogen-bond donors (Lipinski definition) is 2. The smallest absolute Gasteiger partial charge is 0.223 e. The third kappa shape index (κ3) is 2.70. The van der Waals surface area contributed by atoms with Gasteiger partial charge in [0.1, 0.15) is 12.4 Å². The Hall–Kier alpha value is -1.43. The highest BCUT2D eigenvalue weighted by Crippen LogP contribution is 2.44. The largest absolute Gasteiger partial charge is 0.370 e. The number of amides is 1. The van der Waals surface area contributed by atoms with Crippen molar-refractivity contribution in [2.45, 2.75) is 39.2 Å². The standard InChI is InChI=1S/C14H22N4O2/c1-14(2)5-10(6-14)13(19)15-7-9-3-4-20-11(9)12-16-8-17-18-12/h8-11H,3-7H2,1-2H3,(H,15,19)(H,16,17,18)/t9-,11-/m0/s1. The lowest BCUT2D eigenvalue weighted by molar-refractivity contribution is -0.131. The third-order valence-electron chi connectivity index (χ3n) is 4.42. The van der Waals surface area contributed by atoms with Crippen LogP contribution in [0.1, 0.15) is 45.0 Å². The number of nitrogens with zero attached hydrogens (tertiary/aromatic N) is 2. The van der Waals surface area contributed by atoms with E-state index in [1.54, 1.807) is 0 Å². The number of H-pyrrole nitrogens is 1. The van der Waals surface area contributed by atoms with Crippen molar-refractivity contribution in [1.29, 1.82) is 0 Å². The molecule has 2 heterocycles. The van der Waals surface area contributed by atoms with Gasteiger partial charge in [-0.3, -0.25) is 9.89 Å². The van der Waals surface area contributed by atoms with Crippen LogP contribution >= 0.6 is 0 Å². The van der Waals surface area contributed by atoms with Crippen molar-refractivity contribution in [3.05, 3.63) is 12.2 Å². The number of hydrogen-bond acceptors (Lipinski definition) is 4. The van der Waals surface area contributed by atoms with Crippen molar-refractivity contribution < 1.29 is 9.53 Å². The van der Waals surface area contributed by atoms with Crippen molar-refractivity contribution in [1.82, 2.24) is 20.5 Å². The molecule has 1 saturated heterocycles. The minimum atomic E-state index is -0.0735. The maximum Gasteiger partial charge on any atom is 0.223 e. The Labute approximate surface area is 118 Å². The van der Waals surface area contributed by atoms with Crippen LogP contribution in [0.5, 0.6) is 0 Å². The minimum absolute atomic E-state index is 0.0735. The summed E-state index contributed by atoms with van der Waals surface area (Å²) < 4.78 is 5.69. The van der Waals surface area contributed by atoms with Gasteiger partial charge in [-0.1, -0.05) is 13.8 Å². The SMILES string of the molecule is CC1(C)CC(C(=O)NC[C@@H]2CCO[C@@H]2c2ncn[nH]2)C1. The molecule has 1 aromatic heterocycles. The molecule has 110 valence electrons. The van der Waals surface area contributed by atoms with E-state index in [1.807, 2.05) is 0 Å². The molecule has 2 aliphatic rings. The van der Waals surface area contributed by atoms with E-state index in [4.69, 9.17) is 4.74 Å². The monoisotopic (exact) mass is 278 g/mol. The molecule has 1 aliphatic carbocycles. The second-order valence-electron chi connectivity index (χ2n) is 6.73. The zero-order chi connectivity index (χ0) is 14.2. The van der Waals surface area contributed by atoms with Crippen molar-refractivity contribution in [2.24, 2.45) is 17.3 Å². The van der Waals surface area contributed by atoms with Gasteiger partial charge in [0.2, 0.25) is 5.91 Å². The Kier molecular flexibility index (Phi) is 3.50. The highest BCUT2D eigenvalue weighted by molar-refractivity contribution is 5.79. The predicted molar refractivity (Wildman–Crippen MR) is 72.7 cm³/mol. The molecule has 2 atom stereocenters. The topological polar surface area (TPSA) is 79.9 Å². The predicted octanol–water partition coefficient (Wildman–Crippen LogP) is 1.43. The highest BCUT2D eigenvalue weighted by atomic mass is 16.5. The molecule has 0 unspecified atom stereocenters. The molecule has 1 aliphatic heterocycles. The van der Waals surface area contributed by atoms with Crippen LogP contribution in [0.3, 0.4) is 0 Å². The van der Waals surface area contributed by atoms with Crippen molar-refractivity contribution in [2.75, 3.05) is 13.2 Å². The molecular weight excluding hydrogens is 256 g/mol. The van der Waals surface area contributed by atoms with Crippen LogP contribution in [0.25, 0.3) is 0 Å². The Bertz CT molecular complexity index is 464. The lowest BCUT2D eigenvalue weighted by Crippen LogP contribution is -2.44. The van der Waals surface area contributed by atoms with E-state index in [1.165, 1.54) is 6.33 Å². The Balaban J connectivity index is 1.49. The normalized spacial score (nSPS) is 29.1. The fraction of sp³-hybridized carbons (Fsp3) is 0.786. The second kappa shape index (κ2) is 5.16. The van der Waals surface area contributed by atoms with Gasteiger partial charge in [0, 0.05) is 25.0 Å². The van der Waals surface area contributed by atoms with Gasteiger partial charge in [0.05, 0.1) is 0 Å². The van der Waals surface area contributed by atoms with Gasteiger partial charge in [0.15, 0.2) is 5.82 Å². The second-order valence-corrected chi connectivity index (χ2v) is 6.73. The molecule has 20 heavy (non-hydrogen) atoms. The first kappa shape index (κ1) is 13.5. The average molecular weight is 278 g/mol. The number of ether oxygens (including phenoxy) is 1. The lowest BCUT2D eigenvalue weighted by atomic mass is 9.64.